The van der Waals surface area contributed by atoms with Crippen LogP contribution in [0.2, 0.25) is 0 Å². The molecule has 0 aromatic heterocycles. The molecule has 5 nitrogen and oxygen atoms in total. The van der Waals surface area contributed by atoms with Crippen molar-refractivity contribution in [1.82, 2.24) is 4.72 Å². The number of sulfonamides is 1. The van der Waals surface area contributed by atoms with Gasteiger partial charge in [-0.3, -0.25) is 0 Å². The summed E-state index contributed by atoms with van der Waals surface area (Å²) < 4.78 is 32.9. The molecule has 21 heavy (non-hydrogen) atoms. The van der Waals surface area contributed by atoms with Crippen molar-refractivity contribution in [3.05, 3.63) is 29.8 Å². The lowest BCUT2D eigenvalue weighted by Crippen LogP contribution is -2.40. The molecular weight excluding hydrogens is 288 g/mol. The van der Waals surface area contributed by atoms with Gasteiger partial charge >= 0.3 is 0 Å². The SMILES string of the molecule is COC1CCCC1NS(=O)(=O)c1ccc(CCCN)cc1. The summed E-state index contributed by atoms with van der Waals surface area (Å²) in [5.74, 6) is 0. The fraction of sp³-hybridized carbons (Fsp3) is 0.600. The van der Waals surface area contributed by atoms with Gasteiger partial charge in [-0.1, -0.05) is 12.1 Å². The minimum atomic E-state index is -3.48. The highest BCUT2D eigenvalue weighted by Gasteiger charge is 2.31. The van der Waals surface area contributed by atoms with Crippen LogP contribution in [0.5, 0.6) is 0 Å². The van der Waals surface area contributed by atoms with E-state index in [0.29, 0.717) is 11.4 Å². The van der Waals surface area contributed by atoms with Gasteiger partial charge in [-0.2, -0.15) is 0 Å². The molecule has 0 heterocycles. The fourth-order valence-corrected chi connectivity index (χ4v) is 4.05. The van der Waals surface area contributed by atoms with Gasteiger partial charge in [-0.15, -0.1) is 0 Å². The minimum absolute atomic E-state index is 0.0244. The lowest BCUT2D eigenvalue weighted by molar-refractivity contribution is 0.0916. The average Bonchev–Trinajstić information content (AvgIpc) is 2.92. The first-order valence-electron chi connectivity index (χ1n) is 7.41. The number of methoxy groups -OCH3 is 1. The van der Waals surface area contributed by atoms with Gasteiger partial charge < -0.3 is 10.5 Å². The molecule has 0 radical (unpaired) electrons. The standard InChI is InChI=1S/C15H24N2O3S/c1-20-15-6-2-5-14(15)17-21(18,19)13-9-7-12(8-10-13)4-3-11-16/h7-10,14-15,17H,2-6,11,16H2,1H3. The zero-order chi connectivity index (χ0) is 15.3. The van der Waals surface area contributed by atoms with E-state index in [-0.39, 0.29) is 12.1 Å². The van der Waals surface area contributed by atoms with E-state index in [1.165, 1.54) is 0 Å². The van der Waals surface area contributed by atoms with Crippen LogP contribution in [0.4, 0.5) is 0 Å². The Morgan fingerprint density at radius 3 is 2.62 bits per heavy atom. The van der Waals surface area contributed by atoms with Crippen molar-refractivity contribution in [1.29, 1.82) is 0 Å². The maximum absolute atomic E-state index is 12.4. The van der Waals surface area contributed by atoms with Crippen LogP contribution in [-0.4, -0.2) is 34.2 Å². The van der Waals surface area contributed by atoms with E-state index in [0.717, 1.165) is 37.7 Å². The van der Waals surface area contributed by atoms with Crippen LogP contribution >= 0.6 is 0 Å². The summed E-state index contributed by atoms with van der Waals surface area (Å²) in [5.41, 5.74) is 6.58. The predicted octanol–water partition coefficient (Wildman–Crippen LogP) is 1.42. The van der Waals surface area contributed by atoms with Gasteiger partial charge in [0.15, 0.2) is 0 Å². The molecule has 3 N–H and O–H groups in total. The summed E-state index contributed by atoms with van der Waals surface area (Å²) in [5, 5.41) is 0. The molecule has 1 aliphatic carbocycles. The number of nitrogens with two attached hydrogens (primary N) is 1. The first-order chi connectivity index (χ1) is 10.1. The number of ether oxygens (including phenoxy) is 1. The molecule has 0 amide bonds. The topological polar surface area (TPSA) is 81.4 Å². The van der Waals surface area contributed by atoms with Gasteiger partial charge in [0.2, 0.25) is 10.0 Å². The van der Waals surface area contributed by atoms with Crippen LogP contribution in [0.1, 0.15) is 31.2 Å². The highest BCUT2D eigenvalue weighted by Crippen LogP contribution is 2.23. The maximum Gasteiger partial charge on any atom is 0.240 e. The summed E-state index contributed by atoms with van der Waals surface area (Å²) in [7, 11) is -1.85. The van der Waals surface area contributed by atoms with E-state index in [2.05, 4.69) is 4.72 Å². The number of nitrogens with one attached hydrogen (secondary N) is 1. The molecule has 1 aromatic carbocycles. The summed E-state index contributed by atoms with van der Waals surface area (Å²) in [4.78, 5) is 0.306. The van der Waals surface area contributed by atoms with Crippen molar-refractivity contribution < 1.29 is 13.2 Å². The second-order valence-corrected chi connectivity index (χ2v) is 7.18. The van der Waals surface area contributed by atoms with E-state index in [9.17, 15) is 8.42 Å². The Labute approximate surface area is 126 Å². The predicted molar refractivity (Wildman–Crippen MR) is 82.6 cm³/mol. The van der Waals surface area contributed by atoms with Crippen molar-refractivity contribution in [2.45, 2.75) is 49.1 Å². The highest BCUT2D eigenvalue weighted by atomic mass is 32.2. The first kappa shape index (κ1) is 16.4. The Morgan fingerprint density at radius 2 is 2.00 bits per heavy atom. The molecule has 6 heteroatoms. The smallest absolute Gasteiger partial charge is 0.240 e. The van der Waals surface area contributed by atoms with E-state index in [1.54, 1.807) is 19.2 Å². The van der Waals surface area contributed by atoms with Crippen LogP contribution in [0, 0.1) is 0 Å². The minimum Gasteiger partial charge on any atom is -0.380 e. The monoisotopic (exact) mass is 312 g/mol. The average molecular weight is 312 g/mol. The van der Waals surface area contributed by atoms with Crippen molar-refractivity contribution >= 4 is 10.0 Å². The lowest BCUT2D eigenvalue weighted by atomic mass is 10.1. The van der Waals surface area contributed by atoms with Gasteiger partial charge in [0.05, 0.1) is 11.0 Å². The van der Waals surface area contributed by atoms with Gasteiger partial charge in [-0.05, 0) is 56.3 Å². The second-order valence-electron chi connectivity index (χ2n) is 5.47. The number of benzene rings is 1. The van der Waals surface area contributed by atoms with Crippen LogP contribution in [-0.2, 0) is 21.2 Å². The van der Waals surface area contributed by atoms with Gasteiger partial charge in [0.25, 0.3) is 0 Å². The molecule has 2 atom stereocenters. The molecule has 1 saturated carbocycles. The Kier molecular flexibility index (Phi) is 5.75. The number of aryl methyl sites for hydroxylation is 1. The van der Waals surface area contributed by atoms with Gasteiger partial charge in [-0.25, -0.2) is 13.1 Å². The summed E-state index contributed by atoms with van der Waals surface area (Å²) in [6.07, 6.45) is 4.47. The molecule has 1 aliphatic rings. The van der Waals surface area contributed by atoms with Crippen molar-refractivity contribution in [2.75, 3.05) is 13.7 Å². The first-order valence-corrected chi connectivity index (χ1v) is 8.89. The van der Waals surface area contributed by atoms with Crippen LogP contribution in [0.3, 0.4) is 0 Å². The van der Waals surface area contributed by atoms with Gasteiger partial charge in [0.1, 0.15) is 0 Å². The van der Waals surface area contributed by atoms with Gasteiger partial charge in [0, 0.05) is 13.2 Å². The normalized spacial score (nSPS) is 22.6. The van der Waals surface area contributed by atoms with Crippen molar-refractivity contribution in [3.8, 4) is 0 Å². The Hall–Kier alpha value is -0.950. The molecule has 118 valence electrons. The van der Waals surface area contributed by atoms with E-state index in [4.69, 9.17) is 10.5 Å². The molecule has 2 rings (SSSR count). The summed E-state index contributed by atoms with van der Waals surface area (Å²) in [6.45, 7) is 0.641. The Balaban J connectivity index is 2.05. The van der Waals surface area contributed by atoms with Crippen LogP contribution < -0.4 is 10.5 Å². The quantitative estimate of drug-likeness (QED) is 0.798. The van der Waals surface area contributed by atoms with E-state index >= 15 is 0 Å². The molecule has 1 aromatic rings. The zero-order valence-electron chi connectivity index (χ0n) is 12.4. The lowest BCUT2D eigenvalue weighted by Gasteiger charge is -2.19. The van der Waals surface area contributed by atoms with Crippen LogP contribution in [0.25, 0.3) is 0 Å². The zero-order valence-corrected chi connectivity index (χ0v) is 13.2. The Morgan fingerprint density at radius 1 is 1.29 bits per heavy atom. The van der Waals surface area contributed by atoms with Crippen molar-refractivity contribution in [3.63, 3.8) is 0 Å². The van der Waals surface area contributed by atoms with Crippen LogP contribution in [0.15, 0.2) is 29.2 Å². The highest BCUT2D eigenvalue weighted by molar-refractivity contribution is 7.89. The molecule has 0 bridgehead atoms. The number of hydrogen-bond acceptors (Lipinski definition) is 4. The molecule has 0 spiro atoms. The largest absolute Gasteiger partial charge is 0.380 e. The molecule has 0 aliphatic heterocycles. The number of rotatable bonds is 7. The third kappa shape index (κ3) is 4.26. The maximum atomic E-state index is 12.4. The molecule has 1 fully saturated rings. The van der Waals surface area contributed by atoms with Crippen molar-refractivity contribution in [2.24, 2.45) is 5.73 Å². The third-order valence-electron chi connectivity index (χ3n) is 3.97. The number of hydrogen-bond donors (Lipinski definition) is 2. The van der Waals surface area contributed by atoms with E-state index in [1.807, 2.05) is 12.1 Å². The third-order valence-corrected chi connectivity index (χ3v) is 5.47. The van der Waals surface area contributed by atoms with E-state index < -0.39 is 10.0 Å². The second kappa shape index (κ2) is 7.35. The fourth-order valence-electron chi connectivity index (χ4n) is 2.75. The molecule has 2 unspecified atom stereocenters. The Bertz CT molecular complexity index is 543. The summed E-state index contributed by atoms with van der Waals surface area (Å²) >= 11 is 0. The molecular formula is C15H24N2O3S. The summed E-state index contributed by atoms with van der Waals surface area (Å²) in [6, 6.07) is 6.90. The molecule has 0 saturated heterocycles.